The standard InChI is InChI=1S/C57H115N2O6P/c1-6-8-10-12-14-16-18-20-22-24-26-28-29-30-31-33-35-37-39-41-43-45-47-49-51-57(61)58-55(54-65-66(62,63)64-53-52-59(3,4)5)56(60)50-48-46-44-42-40-38-36-34-32-27-25-23-21-19-17-15-13-11-9-7-2/h30-31,55-56,60H,6-29,32-54H2,1-5H3,(H-,58,61,62,63)/b31-30-. The van der Waals surface area contributed by atoms with Gasteiger partial charge in [0.15, 0.2) is 0 Å². The first-order valence-electron chi connectivity index (χ1n) is 29.0. The van der Waals surface area contributed by atoms with Crippen LogP contribution in [0.3, 0.4) is 0 Å². The molecule has 0 saturated heterocycles. The number of phosphoric acid groups is 1. The number of allylic oxidation sites excluding steroid dienone is 2. The average Bonchev–Trinajstić information content (AvgIpc) is 3.28. The lowest BCUT2D eigenvalue weighted by atomic mass is 10.0. The first kappa shape index (κ1) is 65.2. The number of carbonyl (C=O) groups excluding carboxylic acids is 1. The third kappa shape index (κ3) is 51.1. The zero-order valence-corrected chi connectivity index (χ0v) is 45.8. The molecule has 9 heteroatoms. The summed E-state index contributed by atoms with van der Waals surface area (Å²) in [6, 6.07) is -0.800. The van der Waals surface area contributed by atoms with Gasteiger partial charge in [0.2, 0.25) is 5.91 Å². The molecule has 3 unspecified atom stereocenters. The fourth-order valence-electron chi connectivity index (χ4n) is 8.92. The van der Waals surface area contributed by atoms with Crippen LogP contribution in [-0.2, 0) is 18.4 Å². The minimum atomic E-state index is -4.57. The largest absolute Gasteiger partial charge is 0.756 e. The van der Waals surface area contributed by atoms with Crippen molar-refractivity contribution in [3.63, 3.8) is 0 Å². The topological polar surface area (TPSA) is 108 Å². The van der Waals surface area contributed by atoms with Crippen LogP contribution in [0, 0.1) is 0 Å². The van der Waals surface area contributed by atoms with E-state index in [1.807, 2.05) is 21.1 Å². The summed E-state index contributed by atoms with van der Waals surface area (Å²) in [6.07, 6.45) is 59.5. The van der Waals surface area contributed by atoms with Gasteiger partial charge in [0.1, 0.15) is 13.2 Å². The van der Waals surface area contributed by atoms with Crippen molar-refractivity contribution >= 4 is 13.7 Å². The van der Waals surface area contributed by atoms with E-state index >= 15 is 0 Å². The molecule has 0 heterocycles. The Labute approximate surface area is 412 Å². The van der Waals surface area contributed by atoms with Crippen molar-refractivity contribution < 1.29 is 32.9 Å². The van der Waals surface area contributed by atoms with Crippen molar-refractivity contribution in [2.75, 3.05) is 40.9 Å². The Hall–Kier alpha value is -0.760. The maximum Gasteiger partial charge on any atom is 0.268 e. The smallest absolute Gasteiger partial charge is 0.268 e. The molecule has 1 amide bonds. The number of hydrogen-bond acceptors (Lipinski definition) is 6. The van der Waals surface area contributed by atoms with Gasteiger partial charge in [-0.1, -0.05) is 264 Å². The van der Waals surface area contributed by atoms with Crippen molar-refractivity contribution in [2.24, 2.45) is 0 Å². The molecule has 8 nitrogen and oxygen atoms in total. The lowest BCUT2D eigenvalue weighted by molar-refractivity contribution is -0.870. The Morgan fingerprint density at radius 2 is 0.833 bits per heavy atom. The second-order valence-corrected chi connectivity index (χ2v) is 22.8. The van der Waals surface area contributed by atoms with Crippen molar-refractivity contribution in [1.29, 1.82) is 0 Å². The van der Waals surface area contributed by atoms with Crippen molar-refractivity contribution in [3.05, 3.63) is 12.2 Å². The quantitative estimate of drug-likeness (QED) is 0.0272. The highest BCUT2D eigenvalue weighted by atomic mass is 31.2. The number of nitrogens with zero attached hydrogens (tertiary/aromatic N) is 1. The molecule has 0 aromatic carbocycles. The molecular formula is C57H115N2O6P. The van der Waals surface area contributed by atoms with E-state index in [1.54, 1.807) is 0 Å². The minimum Gasteiger partial charge on any atom is -0.756 e. The van der Waals surface area contributed by atoms with Gasteiger partial charge in [-0.2, -0.15) is 0 Å². The molecule has 0 rings (SSSR count). The minimum absolute atomic E-state index is 0.0141. The molecular weight excluding hydrogens is 840 g/mol. The van der Waals surface area contributed by atoms with Crippen LogP contribution in [0.25, 0.3) is 0 Å². The van der Waals surface area contributed by atoms with Gasteiger partial charge in [-0.05, 0) is 38.5 Å². The van der Waals surface area contributed by atoms with Gasteiger partial charge >= 0.3 is 0 Å². The summed E-state index contributed by atoms with van der Waals surface area (Å²) in [5, 5.41) is 14.0. The van der Waals surface area contributed by atoms with E-state index in [2.05, 4.69) is 31.3 Å². The first-order valence-corrected chi connectivity index (χ1v) is 30.5. The van der Waals surface area contributed by atoms with Crippen LogP contribution in [0.2, 0.25) is 0 Å². The summed E-state index contributed by atoms with van der Waals surface area (Å²) in [4.78, 5) is 25.5. The highest BCUT2D eigenvalue weighted by Gasteiger charge is 2.24. The van der Waals surface area contributed by atoms with E-state index in [-0.39, 0.29) is 19.1 Å². The van der Waals surface area contributed by atoms with Gasteiger partial charge in [-0.3, -0.25) is 9.36 Å². The SMILES string of the molecule is CCCCCCCCCCCCCC/C=C\CCCCCCCCCCC(=O)NC(COP(=O)([O-])OCC[N+](C)(C)C)C(O)CCCCCCCCCCCCCCCCCCCCCC. The zero-order valence-electron chi connectivity index (χ0n) is 44.9. The maximum atomic E-state index is 13.0. The molecule has 0 aromatic rings. The van der Waals surface area contributed by atoms with Gasteiger partial charge < -0.3 is 28.8 Å². The Balaban J connectivity index is 4.15. The van der Waals surface area contributed by atoms with Crippen LogP contribution in [0.1, 0.15) is 296 Å². The molecule has 0 spiro atoms. The lowest BCUT2D eigenvalue weighted by Gasteiger charge is -2.30. The Morgan fingerprint density at radius 1 is 0.515 bits per heavy atom. The fraction of sp³-hybridized carbons (Fsp3) is 0.947. The third-order valence-electron chi connectivity index (χ3n) is 13.5. The predicted octanol–water partition coefficient (Wildman–Crippen LogP) is 16.8. The van der Waals surface area contributed by atoms with Crippen LogP contribution < -0.4 is 10.2 Å². The van der Waals surface area contributed by atoms with E-state index in [0.29, 0.717) is 23.9 Å². The van der Waals surface area contributed by atoms with E-state index < -0.39 is 20.0 Å². The van der Waals surface area contributed by atoms with Crippen LogP contribution in [0.15, 0.2) is 12.2 Å². The summed E-state index contributed by atoms with van der Waals surface area (Å²) >= 11 is 0. The molecule has 0 fully saturated rings. The van der Waals surface area contributed by atoms with Gasteiger partial charge in [-0.15, -0.1) is 0 Å². The van der Waals surface area contributed by atoms with Gasteiger partial charge in [0.25, 0.3) is 7.82 Å². The molecule has 0 aromatic heterocycles. The van der Waals surface area contributed by atoms with Crippen molar-refractivity contribution in [1.82, 2.24) is 5.32 Å². The highest BCUT2D eigenvalue weighted by molar-refractivity contribution is 7.45. The molecule has 0 bridgehead atoms. The number of aliphatic hydroxyl groups is 1. The third-order valence-corrected chi connectivity index (χ3v) is 14.5. The maximum absolute atomic E-state index is 13.0. The van der Waals surface area contributed by atoms with Crippen molar-refractivity contribution in [3.8, 4) is 0 Å². The van der Waals surface area contributed by atoms with Crippen LogP contribution in [0.4, 0.5) is 0 Å². The number of amides is 1. The van der Waals surface area contributed by atoms with Crippen molar-refractivity contribution in [2.45, 2.75) is 309 Å². The predicted molar refractivity (Wildman–Crippen MR) is 284 cm³/mol. The molecule has 0 aliphatic carbocycles. The Morgan fingerprint density at radius 3 is 1.18 bits per heavy atom. The number of aliphatic hydroxyl groups excluding tert-OH is 1. The monoisotopic (exact) mass is 955 g/mol. The second-order valence-electron chi connectivity index (χ2n) is 21.4. The number of quaternary nitrogens is 1. The van der Waals surface area contributed by atoms with E-state index in [9.17, 15) is 19.4 Å². The van der Waals surface area contributed by atoms with E-state index in [0.717, 1.165) is 38.5 Å². The summed E-state index contributed by atoms with van der Waals surface area (Å²) in [7, 11) is 1.32. The Kier molecular flexibility index (Phi) is 48.7. The van der Waals surface area contributed by atoms with Gasteiger partial charge in [0.05, 0.1) is 39.9 Å². The number of phosphoric ester groups is 1. The number of likely N-dealkylation sites (N-methyl/N-ethyl adjacent to an activating group) is 1. The van der Waals surface area contributed by atoms with E-state index in [1.165, 1.54) is 231 Å². The highest BCUT2D eigenvalue weighted by Crippen LogP contribution is 2.38. The van der Waals surface area contributed by atoms with Crippen LogP contribution >= 0.6 is 7.82 Å². The van der Waals surface area contributed by atoms with E-state index in [4.69, 9.17) is 9.05 Å². The summed E-state index contributed by atoms with van der Waals surface area (Å²) in [5.74, 6) is -0.162. The Bertz CT molecular complexity index is 1080. The molecule has 0 radical (unpaired) electrons. The normalized spacial score (nSPS) is 14.0. The second kappa shape index (κ2) is 49.2. The average molecular weight is 956 g/mol. The molecule has 2 N–H and O–H groups in total. The molecule has 394 valence electrons. The molecule has 3 atom stereocenters. The number of hydrogen-bond donors (Lipinski definition) is 2. The summed E-state index contributed by atoms with van der Waals surface area (Å²) < 4.78 is 23.4. The number of unbranched alkanes of at least 4 members (excludes halogenated alkanes) is 39. The lowest BCUT2D eigenvalue weighted by Crippen LogP contribution is -2.46. The molecule has 0 aliphatic heterocycles. The fourth-order valence-corrected chi connectivity index (χ4v) is 9.64. The first-order chi connectivity index (χ1) is 32.0. The molecule has 66 heavy (non-hydrogen) atoms. The molecule has 0 saturated carbocycles. The number of carbonyl (C=O) groups is 1. The summed E-state index contributed by atoms with van der Waals surface area (Å²) in [5.41, 5.74) is 0. The number of nitrogens with one attached hydrogen (secondary N) is 1. The van der Waals surface area contributed by atoms with Crippen LogP contribution in [0.5, 0.6) is 0 Å². The van der Waals surface area contributed by atoms with Gasteiger partial charge in [0, 0.05) is 6.42 Å². The molecule has 0 aliphatic rings. The van der Waals surface area contributed by atoms with Gasteiger partial charge in [-0.25, -0.2) is 0 Å². The zero-order chi connectivity index (χ0) is 48.5. The number of rotatable bonds is 54. The summed E-state index contributed by atoms with van der Waals surface area (Å²) in [6.45, 7) is 4.77. The van der Waals surface area contributed by atoms with Crippen LogP contribution in [-0.4, -0.2) is 68.5 Å².